The Morgan fingerprint density at radius 2 is 1.89 bits per heavy atom. The zero-order valence-corrected chi connectivity index (χ0v) is 10.3. The van der Waals surface area contributed by atoms with Gasteiger partial charge in [0.15, 0.2) is 0 Å². The van der Waals surface area contributed by atoms with Crippen LogP contribution in [0.15, 0.2) is 4.42 Å². The van der Waals surface area contributed by atoms with Crippen molar-refractivity contribution in [2.75, 3.05) is 18.0 Å². The summed E-state index contributed by atoms with van der Waals surface area (Å²) in [7, 11) is 0. The molecule has 1 aromatic rings. The predicted molar refractivity (Wildman–Crippen MR) is 64.3 cm³/mol. The Balaban J connectivity index is 1.41. The first-order valence-electron chi connectivity index (χ1n) is 6.83. The summed E-state index contributed by atoms with van der Waals surface area (Å²) in [6.07, 6.45) is 5.56. The van der Waals surface area contributed by atoms with Gasteiger partial charge >= 0.3 is 6.01 Å². The number of hydrogen-bond acceptors (Lipinski definition) is 6. The molecule has 2 saturated heterocycles. The van der Waals surface area contributed by atoms with Crippen LogP contribution in [-0.4, -0.2) is 41.5 Å². The minimum atomic E-state index is 0.351. The van der Waals surface area contributed by atoms with Crippen molar-refractivity contribution in [1.29, 1.82) is 0 Å². The summed E-state index contributed by atoms with van der Waals surface area (Å²) < 4.78 is 11.5. The summed E-state index contributed by atoms with van der Waals surface area (Å²) in [5.41, 5.74) is 0. The van der Waals surface area contributed by atoms with Crippen LogP contribution in [0, 0.1) is 0 Å². The fourth-order valence-electron chi connectivity index (χ4n) is 2.73. The van der Waals surface area contributed by atoms with Crippen LogP contribution in [0.2, 0.25) is 0 Å². The quantitative estimate of drug-likeness (QED) is 0.848. The van der Waals surface area contributed by atoms with Crippen molar-refractivity contribution in [3.63, 3.8) is 0 Å². The van der Waals surface area contributed by atoms with Crippen LogP contribution in [0.5, 0.6) is 0 Å². The molecule has 0 amide bonds. The van der Waals surface area contributed by atoms with Crippen LogP contribution >= 0.6 is 0 Å². The third kappa shape index (κ3) is 2.10. The summed E-state index contributed by atoms with van der Waals surface area (Å²) in [4.78, 5) is 2.17. The van der Waals surface area contributed by atoms with Gasteiger partial charge in [-0.15, -0.1) is 5.10 Å². The highest BCUT2D eigenvalue weighted by atomic mass is 16.5. The molecule has 2 aliphatic heterocycles. The minimum Gasteiger partial charge on any atom is -0.407 e. The molecule has 1 N–H and O–H groups in total. The highest BCUT2D eigenvalue weighted by molar-refractivity contribution is 5.26. The number of ether oxygens (including phenoxy) is 1. The largest absolute Gasteiger partial charge is 0.407 e. The molecule has 2 atom stereocenters. The monoisotopic (exact) mass is 250 g/mol. The SMILES string of the molecule is C(NC1CC1)c1nnc(N2CC3CCC(C2)O3)o1. The smallest absolute Gasteiger partial charge is 0.318 e. The second-order valence-electron chi connectivity index (χ2n) is 5.50. The first-order valence-corrected chi connectivity index (χ1v) is 6.83. The van der Waals surface area contributed by atoms with Gasteiger partial charge in [0.1, 0.15) is 0 Å². The van der Waals surface area contributed by atoms with Gasteiger partial charge in [0.2, 0.25) is 5.89 Å². The first kappa shape index (κ1) is 10.8. The lowest BCUT2D eigenvalue weighted by atomic mass is 10.2. The predicted octanol–water partition coefficient (Wildman–Crippen LogP) is 0.689. The van der Waals surface area contributed by atoms with Crippen LogP contribution in [-0.2, 0) is 11.3 Å². The molecular weight excluding hydrogens is 232 g/mol. The molecule has 2 bridgehead atoms. The van der Waals surface area contributed by atoms with Crippen molar-refractivity contribution in [2.24, 2.45) is 0 Å². The number of anilines is 1. The van der Waals surface area contributed by atoms with E-state index in [1.807, 2.05) is 0 Å². The van der Waals surface area contributed by atoms with Crippen LogP contribution in [0.1, 0.15) is 31.6 Å². The van der Waals surface area contributed by atoms with Crippen molar-refractivity contribution in [1.82, 2.24) is 15.5 Å². The Labute approximate surface area is 106 Å². The number of fused-ring (bicyclic) bond motifs is 2. The minimum absolute atomic E-state index is 0.351. The van der Waals surface area contributed by atoms with Crippen molar-refractivity contribution < 1.29 is 9.15 Å². The molecule has 3 fully saturated rings. The van der Waals surface area contributed by atoms with E-state index >= 15 is 0 Å². The van der Waals surface area contributed by atoms with E-state index in [0.29, 0.717) is 36.7 Å². The van der Waals surface area contributed by atoms with Gasteiger partial charge in [-0.2, -0.15) is 0 Å². The van der Waals surface area contributed by atoms with Crippen molar-refractivity contribution in [3.05, 3.63) is 5.89 Å². The lowest BCUT2D eigenvalue weighted by Gasteiger charge is -2.30. The standard InChI is InChI=1S/C12H18N4O2/c1-2-8(1)13-5-11-14-15-12(18-11)16-6-9-3-4-10(7-16)17-9/h8-10,13H,1-7H2. The van der Waals surface area contributed by atoms with E-state index in [1.54, 1.807) is 0 Å². The number of aromatic nitrogens is 2. The molecule has 0 aromatic carbocycles. The van der Waals surface area contributed by atoms with Gasteiger partial charge in [-0.1, -0.05) is 5.10 Å². The fraction of sp³-hybridized carbons (Fsp3) is 0.833. The van der Waals surface area contributed by atoms with Crippen molar-refractivity contribution in [2.45, 2.75) is 50.5 Å². The molecule has 3 heterocycles. The second kappa shape index (κ2) is 4.20. The third-order valence-corrected chi connectivity index (χ3v) is 3.89. The van der Waals surface area contributed by atoms with Crippen LogP contribution in [0.25, 0.3) is 0 Å². The summed E-state index contributed by atoms with van der Waals surface area (Å²) in [6, 6.07) is 1.32. The molecule has 1 saturated carbocycles. The molecule has 4 rings (SSSR count). The van der Waals surface area contributed by atoms with E-state index < -0.39 is 0 Å². The zero-order valence-electron chi connectivity index (χ0n) is 10.3. The molecule has 6 heteroatoms. The second-order valence-corrected chi connectivity index (χ2v) is 5.50. The van der Waals surface area contributed by atoms with Gasteiger partial charge in [0, 0.05) is 19.1 Å². The van der Waals surface area contributed by atoms with Crippen molar-refractivity contribution >= 4 is 6.01 Å². The lowest BCUT2D eigenvalue weighted by Crippen LogP contribution is -2.42. The van der Waals surface area contributed by atoms with Gasteiger partial charge in [-0.3, -0.25) is 0 Å². The van der Waals surface area contributed by atoms with E-state index in [2.05, 4.69) is 20.4 Å². The summed E-state index contributed by atoms with van der Waals surface area (Å²) in [6.45, 7) is 2.46. The number of nitrogens with one attached hydrogen (secondary N) is 1. The van der Waals surface area contributed by atoms with Gasteiger partial charge in [0.25, 0.3) is 0 Å². The van der Waals surface area contributed by atoms with E-state index in [9.17, 15) is 0 Å². The van der Waals surface area contributed by atoms with Crippen LogP contribution in [0.3, 0.4) is 0 Å². The average molecular weight is 250 g/mol. The number of nitrogens with zero attached hydrogens (tertiary/aromatic N) is 3. The van der Waals surface area contributed by atoms with Crippen LogP contribution < -0.4 is 10.2 Å². The van der Waals surface area contributed by atoms with Crippen molar-refractivity contribution in [3.8, 4) is 0 Å². The van der Waals surface area contributed by atoms with E-state index in [-0.39, 0.29) is 0 Å². The fourth-order valence-corrected chi connectivity index (χ4v) is 2.73. The maximum Gasteiger partial charge on any atom is 0.318 e. The molecule has 0 radical (unpaired) electrons. The number of hydrogen-bond donors (Lipinski definition) is 1. The van der Waals surface area contributed by atoms with Crippen LogP contribution in [0.4, 0.5) is 6.01 Å². The Hall–Kier alpha value is -1.14. The molecule has 3 aliphatic rings. The maximum absolute atomic E-state index is 5.80. The zero-order chi connectivity index (χ0) is 11.9. The molecule has 98 valence electrons. The molecule has 6 nitrogen and oxygen atoms in total. The van der Waals surface area contributed by atoms with Gasteiger partial charge < -0.3 is 19.4 Å². The van der Waals surface area contributed by atoms with Gasteiger partial charge in [-0.05, 0) is 25.7 Å². The van der Waals surface area contributed by atoms with Gasteiger partial charge in [-0.25, -0.2) is 0 Å². The van der Waals surface area contributed by atoms with Gasteiger partial charge in [0.05, 0.1) is 18.8 Å². The summed E-state index contributed by atoms with van der Waals surface area (Å²) in [5.74, 6) is 0.690. The number of rotatable bonds is 4. The molecule has 1 aliphatic carbocycles. The molecule has 2 unspecified atom stereocenters. The summed E-state index contributed by atoms with van der Waals surface area (Å²) >= 11 is 0. The lowest BCUT2D eigenvalue weighted by molar-refractivity contribution is 0.0287. The average Bonchev–Trinajstić information content (AvgIpc) is 3.00. The normalized spacial score (nSPS) is 31.0. The molecule has 1 aromatic heterocycles. The molecule has 0 spiro atoms. The van der Waals surface area contributed by atoms with E-state index in [0.717, 1.165) is 25.9 Å². The van der Waals surface area contributed by atoms with E-state index in [1.165, 1.54) is 12.8 Å². The first-order chi connectivity index (χ1) is 8.87. The topological polar surface area (TPSA) is 63.4 Å². The Morgan fingerprint density at radius 3 is 2.61 bits per heavy atom. The Kier molecular flexibility index (Phi) is 2.51. The summed E-state index contributed by atoms with van der Waals surface area (Å²) in [5, 5.41) is 11.6. The van der Waals surface area contributed by atoms with E-state index in [4.69, 9.17) is 9.15 Å². The Morgan fingerprint density at radius 1 is 1.11 bits per heavy atom. The third-order valence-electron chi connectivity index (χ3n) is 3.89. The highest BCUT2D eigenvalue weighted by Gasteiger charge is 2.35. The Bertz CT molecular complexity index is 419. The molecule has 18 heavy (non-hydrogen) atoms. The molecular formula is C12H18N4O2. The highest BCUT2D eigenvalue weighted by Crippen LogP contribution is 2.29. The maximum atomic E-state index is 5.80. The number of morpholine rings is 1.